The Hall–Kier alpha value is -1.79. The van der Waals surface area contributed by atoms with Crippen molar-refractivity contribution in [3.05, 3.63) is 35.4 Å². The molecule has 0 unspecified atom stereocenters. The highest BCUT2D eigenvalue weighted by molar-refractivity contribution is 5.94. The quantitative estimate of drug-likeness (QED) is 0.728. The molecule has 0 aromatic heterocycles. The Bertz CT molecular complexity index is 410. The maximum absolute atomic E-state index is 11.6. The monoisotopic (exact) mass is 216 g/mol. The first-order chi connectivity index (χ1) is 7.63. The molecule has 0 aliphatic rings. The van der Waals surface area contributed by atoms with Crippen LogP contribution in [0.4, 0.5) is 0 Å². The largest absolute Gasteiger partial charge is 0.350 e. The zero-order valence-corrected chi connectivity index (χ0v) is 9.58. The van der Waals surface area contributed by atoms with Crippen LogP contribution in [0.15, 0.2) is 24.3 Å². The van der Waals surface area contributed by atoms with Crippen molar-refractivity contribution in [1.82, 2.24) is 5.32 Å². The number of benzene rings is 1. The minimum absolute atomic E-state index is 0.0617. The van der Waals surface area contributed by atoms with Crippen LogP contribution in [0.25, 0.3) is 0 Å². The Balaban J connectivity index is 2.74. The molecule has 3 nitrogen and oxygen atoms in total. The van der Waals surface area contributed by atoms with Crippen LogP contribution in [-0.2, 0) is 0 Å². The Morgan fingerprint density at radius 2 is 2.00 bits per heavy atom. The molecule has 0 saturated carbocycles. The van der Waals surface area contributed by atoms with Crippen molar-refractivity contribution in [2.75, 3.05) is 6.54 Å². The standard InChI is InChI=1S/C13H16N2O/c1-10(2)15-13(16)12-7-5-11(6-8-12)4-3-9-14/h5-8,10H,9,14H2,1-2H3,(H,15,16). The summed E-state index contributed by atoms with van der Waals surface area (Å²) in [5, 5.41) is 2.83. The Morgan fingerprint density at radius 1 is 1.38 bits per heavy atom. The number of rotatable bonds is 2. The highest BCUT2D eigenvalue weighted by Gasteiger charge is 2.05. The van der Waals surface area contributed by atoms with Gasteiger partial charge in [-0.05, 0) is 38.1 Å². The maximum atomic E-state index is 11.6. The molecule has 16 heavy (non-hydrogen) atoms. The Morgan fingerprint density at radius 3 is 2.50 bits per heavy atom. The van der Waals surface area contributed by atoms with Gasteiger partial charge in [0.05, 0.1) is 6.54 Å². The first-order valence-corrected chi connectivity index (χ1v) is 5.23. The summed E-state index contributed by atoms with van der Waals surface area (Å²) in [6.07, 6.45) is 0. The van der Waals surface area contributed by atoms with E-state index in [-0.39, 0.29) is 11.9 Å². The Labute approximate surface area is 96.0 Å². The summed E-state index contributed by atoms with van der Waals surface area (Å²) in [6, 6.07) is 7.30. The molecular weight excluding hydrogens is 200 g/mol. The van der Waals surface area contributed by atoms with Gasteiger partial charge in [-0.15, -0.1) is 0 Å². The van der Waals surface area contributed by atoms with Crippen LogP contribution in [0.1, 0.15) is 29.8 Å². The summed E-state index contributed by atoms with van der Waals surface area (Å²) in [4.78, 5) is 11.6. The molecular formula is C13H16N2O. The van der Waals surface area contributed by atoms with Crippen LogP contribution in [0, 0.1) is 11.8 Å². The summed E-state index contributed by atoms with van der Waals surface area (Å²) in [5.41, 5.74) is 6.78. The van der Waals surface area contributed by atoms with E-state index in [4.69, 9.17) is 5.73 Å². The van der Waals surface area contributed by atoms with Gasteiger partial charge in [-0.3, -0.25) is 4.79 Å². The van der Waals surface area contributed by atoms with Gasteiger partial charge < -0.3 is 11.1 Å². The summed E-state index contributed by atoms with van der Waals surface area (Å²) >= 11 is 0. The SMILES string of the molecule is CC(C)NC(=O)c1ccc(C#CCN)cc1. The number of carbonyl (C=O) groups is 1. The third-order valence-electron chi connectivity index (χ3n) is 1.90. The second-order valence-electron chi connectivity index (χ2n) is 3.71. The minimum atomic E-state index is -0.0617. The predicted octanol–water partition coefficient (Wildman–Crippen LogP) is 1.14. The second-order valence-corrected chi connectivity index (χ2v) is 3.71. The van der Waals surface area contributed by atoms with Crippen molar-refractivity contribution in [2.45, 2.75) is 19.9 Å². The molecule has 3 heteroatoms. The number of carbonyl (C=O) groups excluding carboxylic acids is 1. The van der Waals surface area contributed by atoms with E-state index in [1.807, 2.05) is 26.0 Å². The molecule has 1 rings (SSSR count). The molecule has 84 valence electrons. The average Bonchev–Trinajstić information content (AvgIpc) is 2.26. The van der Waals surface area contributed by atoms with Crippen LogP contribution in [0.5, 0.6) is 0 Å². The number of hydrogen-bond acceptors (Lipinski definition) is 2. The van der Waals surface area contributed by atoms with Crippen LogP contribution < -0.4 is 11.1 Å². The van der Waals surface area contributed by atoms with Crippen molar-refractivity contribution in [2.24, 2.45) is 5.73 Å². The number of nitrogens with one attached hydrogen (secondary N) is 1. The van der Waals surface area contributed by atoms with E-state index in [1.54, 1.807) is 12.1 Å². The predicted molar refractivity (Wildman–Crippen MR) is 65.0 cm³/mol. The molecule has 0 fully saturated rings. The molecule has 0 atom stereocenters. The molecule has 1 amide bonds. The summed E-state index contributed by atoms with van der Waals surface area (Å²) < 4.78 is 0. The number of nitrogens with two attached hydrogens (primary N) is 1. The van der Waals surface area contributed by atoms with Gasteiger partial charge in [-0.1, -0.05) is 11.8 Å². The summed E-state index contributed by atoms with van der Waals surface area (Å²) in [5.74, 6) is 5.61. The summed E-state index contributed by atoms with van der Waals surface area (Å²) in [6.45, 7) is 4.20. The van der Waals surface area contributed by atoms with Gasteiger partial charge in [-0.25, -0.2) is 0 Å². The summed E-state index contributed by atoms with van der Waals surface area (Å²) in [7, 11) is 0. The highest BCUT2D eigenvalue weighted by atomic mass is 16.1. The van der Waals surface area contributed by atoms with Gasteiger partial charge in [0.25, 0.3) is 5.91 Å². The van der Waals surface area contributed by atoms with Crippen molar-refractivity contribution in [1.29, 1.82) is 0 Å². The van der Waals surface area contributed by atoms with Crippen LogP contribution >= 0.6 is 0 Å². The van der Waals surface area contributed by atoms with Crippen LogP contribution in [0.3, 0.4) is 0 Å². The normalized spacial score (nSPS) is 9.50. The molecule has 0 spiro atoms. The lowest BCUT2D eigenvalue weighted by Gasteiger charge is -2.07. The fourth-order valence-electron chi connectivity index (χ4n) is 1.20. The van der Waals surface area contributed by atoms with Gasteiger partial charge in [0.2, 0.25) is 0 Å². The minimum Gasteiger partial charge on any atom is -0.350 e. The smallest absolute Gasteiger partial charge is 0.251 e. The van der Waals surface area contributed by atoms with Crippen LogP contribution in [-0.4, -0.2) is 18.5 Å². The topological polar surface area (TPSA) is 55.1 Å². The molecule has 0 aliphatic heterocycles. The number of hydrogen-bond donors (Lipinski definition) is 2. The molecule has 0 aliphatic carbocycles. The first-order valence-electron chi connectivity index (χ1n) is 5.23. The third kappa shape index (κ3) is 3.76. The molecule has 0 heterocycles. The average molecular weight is 216 g/mol. The van der Waals surface area contributed by atoms with Gasteiger partial charge in [0, 0.05) is 17.2 Å². The third-order valence-corrected chi connectivity index (χ3v) is 1.90. The van der Waals surface area contributed by atoms with E-state index in [9.17, 15) is 4.79 Å². The van der Waals surface area contributed by atoms with E-state index in [1.165, 1.54) is 0 Å². The van der Waals surface area contributed by atoms with Crippen molar-refractivity contribution in [3.63, 3.8) is 0 Å². The van der Waals surface area contributed by atoms with Gasteiger partial charge >= 0.3 is 0 Å². The van der Waals surface area contributed by atoms with Gasteiger partial charge in [-0.2, -0.15) is 0 Å². The van der Waals surface area contributed by atoms with E-state index < -0.39 is 0 Å². The van der Waals surface area contributed by atoms with Crippen molar-refractivity contribution >= 4 is 5.91 Å². The maximum Gasteiger partial charge on any atom is 0.251 e. The first kappa shape index (κ1) is 12.3. The molecule has 1 aromatic carbocycles. The van der Waals surface area contributed by atoms with Crippen molar-refractivity contribution < 1.29 is 4.79 Å². The van der Waals surface area contributed by atoms with E-state index in [0.29, 0.717) is 12.1 Å². The Kier molecular flexibility index (Phi) is 4.56. The molecule has 0 bridgehead atoms. The molecule has 3 N–H and O–H groups in total. The zero-order valence-electron chi connectivity index (χ0n) is 9.58. The van der Waals surface area contributed by atoms with E-state index >= 15 is 0 Å². The van der Waals surface area contributed by atoms with Gasteiger partial charge in [0.15, 0.2) is 0 Å². The number of amides is 1. The molecule has 0 saturated heterocycles. The molecule has 1 aromatic rings. The fraction of sp³-hybridized carbons (Fsp3) is 0.308. The zero-order chi connectivity index (χ0) is 12.0. The lowest BCUT2D eigenvalue weighted by molar-refractivity contribution is 0.0943. The van der Waals surface area contributed by atoms with E-state index in [2.05, 4.69) is 17.2 Å². The van der Waals surface area contributed by atoms with E-state index in [0.717, 1.165) is 5.56 Å². The fourth-order valence-corrected chi connectivity index (χ4v) is 1.20. The lowest BCUT2D eigenvalue weighted by atomic mass is 10.1. The van der Waals surface area contributed by atoms with Crippen molar-refractivity contribution in [3.8, 4) is 11.8 Å². The molecule has 0 radical (unpaired) electrons. The van der Waals surface area contributed by atoms with Gasteiger partial charge in [0.1, 0.15) is 0 Å². The highest BCUT2D eigenvalue weighted by Crippen LogP contribution is 2.03. The van der Waals surface area contributed by atoms with Crippen LogP contribution in [0.2, 0.25) is 0 Å². The second kappa shape index (κ2) is 5.94. The lowest BCUT2D eigenvalue weighted by Crippen LogP contribution is -2.29.